The minimum Gasteiger partial charge on any atom is -0.497 e. The van der Waals surface area contributed by atoms with Crippen molar-refractivity contribution in [3.63, 3.8) is 0 Å². The molecule has 2 N–H and O–H groups in total. The summed E-state index contributed by atoms with van der Waals surface area (Å²) in [6, 6.07) is 10.6. The summed E-state index contributed by atoms with van der Waals surface area (Å²) in [6.07, 6.45) is 0.960. The molecule has 4 rings (SSSR count). The number of hydrogen-bond acceptors (Lipinski definition) is 7. The first-order valence-electron chi connectivity index (χ1n) is 12.9. The normalized spacial score (nSPS) is 17.4. The number of ether oxygens (including phenoxy) is 1. The highest BCUT2D eigenvalue weighted by Crippen LogP contribution is 2.25. The van der Waals surface area contributed by atoms with E-state index in [0.717, 1.165) is 4.31 Å². The van der Waals surface area contributed by atoms with E-state index in [-0.39, 0.29) is 36.1 Å². The van der Waals surface area contributed by atoms with Crippen LogP contribution in [0.4, 0.5) is 0 Å². The van der Waals surface area contributed by atoms with Gasteiger partial charge in [-0.15, -0.1) is 0 Å². The summed E-state index contributed by atoms with van der Waals surface area (Å²) in [5.41, 5.74) is 0.498. The monoisotopic (exact) mass is 589 g/mol. The molecule has 40 heavy (non-hydrogen) atoms. The Balaban J connectivity index is 1.44. The van der Waals surface area contributed by atoms with Gasteiger partial charge in [0.25, 0.3) is 5.91 Å². The van der Waals surface area contributed by atoms with E-state index in [1.807, 2.05) is 13.8 Å². The van der Waals surface area contributed by atoms with E-state index in [0.29, 0.717) is 34.6 Å². The number of nitrogens with one attached hydrogen (secondary N) is 2. The summed E-state index contributed by atoms with van der Waals surface area (Å²) in [4.78, 5) is 39.4. The molecule has 1 unspecified atom stereocenters. The largest absolute Gasteiger partial charge is 0.497 e. The van der Waals surface area contributed by atoms with Gasteiger partial charge < -0.3 is 19.8 Å². The van der Waals surface area contributed by atoms with Crippen molar-refractivity contribution in [2.24, 2.45) is 5.92 Å². The maximum atomic E-state index is 13.3. The molecule has 2 heterocycles. The van der Waals surface area contributed by atoms with Crippen LogP contribution in [0.3, 0.4) is 0 Å². The smallest absolute Gasteiger partial charge is 0.287 e. The third kappa shape index (κ3) is 6.83. The molecule has 2 amide bonds. The van der Waals surface area contributed by atoms with Crippen LogP contribution in [0.15, 0.2) is 57.8 Å². The number of halogens is 1. The van der Waals surface area contributed by atoms with E-state index < -0.39 is 39.7 Å². The van der Waals surface area contributed by atoms with Crippen LogP contribution in [0.2, 0.25) is 5.02 Å². The van der Waals surface area contributed by atoms with Crippen LogP contribution in [0.1, 0.15) is 43.7 Å². The number of carbonyl (C=O) groups excluding carboxylic acids is 3. The van der Waals surface area contributed by atoms with Crippen molar-refractivity contribution < 1.29 is 32.0 Å². The zero-order chi connectivity index (χ0) is 29.0. The molecule has 12 heteroatoms. The molecule has 0 radical (unpaired) electrons. The highest BCUT2D eigenvalue weighted by Gasteiger charge is 2.34. The average molecular weight is 590 g/mol. The lowest BCUT2D eigenvalue weighted by Gasteiger charge is -2.23. The summed E-state index contributed by atoms with van der Waals surface area (Å²) in [5, 5.41) is 6.55. The molecule has 1 aliphatic heterocycles. The minimum atomic E-state index is -3.92. The Hall–Kier alpha value is -3.41. The number of hydrogen-bond donors (Lipinski definition) is 2. The fraction of sp³-hybridized carbons (Fsp3) is 0.393. The van der Waals surface area contributed by atoms with E-state index >= 15 is 0 Å². The maximum Gasteiger partial charge on any atom is 0.287 e. The van der Waals surface area contributed by atoms with Crippen molar-refractivity contribution in [1.29, 1.82) is 0 Å². The molecule has 1 saturated heterocycles. The van der Waals surface area contributed by atoms with Crippen molar-refractivity contribution in [1.82, 2.24) is 14.9 Å². The number of fused-ring (bicyclic) bond motifs is 1. The second-order valence-electron chi connectivity index (χ2n) is 10.1. The highest BCUT2D eigenvalue weighted by atomic mass is 35.5. The van der Waals surface area contributed by atoms with Gasteiger partial charge in [0.15, 0.2) is 11.5 Å². The zero-order valence-corrected chi connectivity index (χ0v) is 24.0. The van der Waals surface area contributed by atoms with Gasteiger partial charge in [0.1, 0.15) is 17.4 Å². The van der Waals surface area contributed by atoms with Crippen LogP contribution in [0.5, 0.6) is 5.75 Å². The molecule has 0 aliphatic carbocycles. The fourth-order valence-corrected chi connectivity index (χ4v) is 6.15. The molecule has 2 aromatic carbocycles. The Labute approximate surface area is 238 Å². The van der Waals surface area contributed by atoms with Crippen molar-refractivity contribution in [2.75, 3.05) is 20.2 Å². The van der Waals surface area contributed by atoms with Crippen LogP contribution in [-0.4, -0.2) is 62.6 Å². The van der Waals surface area contributed by atoms with Crippen LogP contribution in [0, 0.1) is 5.92 Å². The van der Waals surface area contributed by atoms with E-state index in [1.165, 1.54) is 24.3 Å². The first kappa shape index (κ1) is 29.6. The summed E-state index contributed by atoms with van der Waals surface area (Å²) in [6.45, 7) is 3.58. The van der Waals surface area contributed by atoms with Crippen molar-refractivity contribution in [3.05, 3.63) is 59.3 Å². The van der Waals surface area contributed by atoms with E-state index in [2.05, 4.69) is 10.6 Å². The molecular weight excluding hydrogens is 558 g/mol. The maximum absolute atomic E-state index is 13.3. The van der Waals surface area contributed by atoms with Gasteiger partial charge in [-0.25, -0.2) is 8.42 Å². The summed E-state index contributed by atoms with van der Waals surface area (Å²) >= 11 is 5.88. The Morgan fingerprint density at radius 1 is 1.15 bits per heavy atom. The molecule has 2 atom stereocenters. The van der Waals surface area contributed by atoms with Gasteiger partial charge in [-0.1, -0.05) is 25.4 Å². The molecule has 0 spiro atoms. The van der Waals surface area contributed by atoms with Crippen molar-refractivity contribution in [3.8, 4) is 5.75 Å². The number of ketones is 1. The SMILES string of the molecule is COc1ccc2oc(C(=O)N[C@@H](CC(C)C)C(=O)NC3CCCN(S(=O)(=O)c4ccc(Cl)cc4)CC3=O)cc2c1. The molecule has 214 valence electrons. The number of furan rings is 1. The van der Waals surface area contributed by atoms with Crippen LogP contribution in [0.25, 0.3) is 11.0 Å². The lowest BCUT2D eigenvalue weighted by Crippen LogP contribution is -2.52. The van der Waals surface area contributed by atoms with Crippen LogP contribution < -0.4 is 15.4 Å². The Morgan fingerprint density at radius 2 is 1.88 bits per heavy atom. The number of Topliss-reactive ketones (excluding diaryl/α,β-unsaturated/α-hetero) is 1. The topological polar surface area (TPSA) is 135 Å². The van der Waals surface area contributed by atoms with E-state index in [4.69, 9.17) is 20.8 Å². The van der Waals surface area contributed by atoms with Crippen molar-refractivity contribution in [2.45, 2.75) is 50.1 Å². The number of sulfonamides is 1. The quantitative estimate of drug-likeness (QED) is 0.388. The van der Waals surface area contributed by atoms with Gasteiger partial charge in [0.2, 0.25) is 15.9 Å². The standard InChI is InChI=1S/C28H32ClN3O7S/c1-17(2)13-23(31-28(35)26-15-18-14-20(38-3)8-11-25(18)39-26)27(34)30-22-5-4-12-32(16-24(22)33)40(36,37)21-9-6-19(29)7-10-21/h6-11,14-15,17,22-23H,4-5,12-13,16H2,1-3H3,(H,30,34)(H,31,35)/t22?,23-/m0/s1. The average Bonchev–Trinajstić information content (AvgIpc) is 3.25. The molecule has 10 nitrogen and oxygen atoms in total. The third-order valence-electron chi connectivity index (χ3n) is 6.67. The number of amides is 2. The van der Waals surface area contributed by atoms with Gasteiger partial charge in [-0.2, -0.15) is 4.31 Å². The predicted octanol–water partition coefficient (Wildman–Crippen LogP) is 3.78. The van der Waals surface area contributed by atoms with E-state index in [1.54, 1.807) is 31.4 Å². The molecular formula is C28H32ClN3O7S. The van der Waals surface area contributed by atoms with Gasteiger partial charge >= 0.3 is 0 Å². The number of nitrogens with zero attached hydrogens (tertiary/aromatic N) is 1. The number of methoxy groups -OCH3 is 1. The Morgan fingerprint density at radius 3 is 2.55 bits per heavy atom. The van der Waals surface area contributed by atoms with Crippen molar-refractivity contribution >= 4 is 50.2 Å². The van der Waals surface area contributed by atoms with Gasteiger partial charge in [-0.05, 0) is 73.7 Å². The van der Waals surface area contributed by atoms with E-state index in [9.17, 15) is 22.8 Å². The molecule has 1 aromatic heterocycles. The first-order chi connectivity index (χ1) is 19.0. The minimum absolute atomic E-state index is 0.0379. The third-order valence-corrected chi connectivity index (χ3v) is 8.78. The number of rotatable bonds is 9. The Kier molecular flexibility index (Phi) is 9.17. The highest BCUT2D eigenvalue weighted by molar-refractivity contribution is 7.89. The number of benzene rings is 2. The lowest BCUT2D eigenvalue weighted by molar-refractivity contribution is -0.129. The second-order valence-corrected chi connectivity index (χ2v) is 12.5. The summed E-state index contributed by atoms with van der Waals surface area (Å²) in [7, 11) is -2.37. The molecule has 0 saturated carbocycles. The fourth-order valence-electron chi connectivity index (χ4n) is 4.57. The van der Waals surface area contributed by atoms with Crippen LogP contribution in [-0.2, 0) is 19.6 Å². The van der Waals surface area contributed by atoms with Gasteiger partial charge in [0, 0.05) is 17.0 Å². The lowest BCUT2D eigenvalue weighted by atomic mass is 10.0. The summed E-state index contributed by atoms with van der Waals surface area (Å²) < 4.78 is 38.2. The molecule has 3 aromatic rings. The zero-order valence-electron chi connectivity index (χ0n) is 22.5. The number of carbonyl (C=O) groups is 3. The van der Waals surface area contributed by atoms with Crippen LogP contribution >= 0.6 is 11.6 Å². The van der Waals surface area contributed by atoms with Gasteiger partial charge in [0.05, 0.1) is 24.6 Å². The van der Waals surface area contributed by atoms with Gasteiger partial charge in [-0.3, -0.25) is 14.4 Å². The molecule has 1 aliphatic rings. The molecule has 1 fully saturated rings. The Bertz CT molecular complexity index is 1500. The second kappa shape index (κ2) is 12.4. The summed E-state index contributed by atoms with van der Waals surface area (Å²) in [5.74, 6) is -0.802. The predicted molar refractivity (Wildman–Crippen MR) is 150 cm³/mol. The molecule has 0 bridgehead atoms. The first-order valence-corrected chi connectivity index (χ1v) is 14.8.